The summed E-state index contributed by atoms with van der Waals surface area (Å²) in [7, 11) is 1.28. The summed E-state index contributed by atoms with van der Waals surface area (Å²) in [5.74, 6) is -0.910. The highest BCUT2D eigenvalue weighted by molar-refractivity contribution is 5.96. The van der Waals surface area contributed by atoms with Gasteiger partial charge in [-0.05, 0) is 36.2 Å². The van der Waals surface area contributed by atoms with E-state index in [0.717, 1.165) is 5.56 Å². The van der Waals surface area contributed by atoms with Crippen molar-refractivity contribution < 1.29 is 14.3 Å². The number of hydrogen-bond donors (Lipinski definition) is 1. The van der Waals surface area contributed by atoms with Gasteiger partial charge >= 0.3 is 5.97 Å². The molecule has 5 nitrogen and oxygen atoms in total. The van der Waals surface area contributed by atoms with Crippen molar-refractivity contribution in [1.29, 1.82) is 5.26 Å². The fourth-order valence-electron chi connectivity index (χ4n) is 2.20. The number of hydrogen-bond acceptors (Lipinski definition) is 4. The van der Waals surface area contributed by atoms with Crippen LogP contribution < -0.4 is 5.32 Å². The van der Waals surface area contributed by atoms with Crippen LogP contribution in [0.3, 0.4) is 0 Å². The van der Waals surface area contributed by atoms with Crippen LogP contribution in [-0.2, 0) is 9.53 Å². The van der Waals surface area contributed by atoms with Crippen LogP contribution >= 0.6 is 0 Å². The second kappa shape index (κ2) is 9.04. The van der Waals surface area contributed by atoms with Gasteiger partial charge < -0.3 is 10.1 Å². The largest absolute Gasteiger partial charge is 0.467 e. The molecule has 0 saturated heterocycles. The Morgan fingerprint density at radius 2 is 1.84 bits per heavy atom. The third kappa shape index (κ3) is 5.33. The molecule has 2 rings (SSSR count). The van der Waals surface area contributed by atoms with E-state index in [2.05, 4.69) is 5.32 Å². The maximum Gasteiger partial charge on any atom is 0.328 e. The second-order valence-electron chi connectivity index (χ2n) is 5.29. The van der Waals surface area contributed by atoms with E-state index in [0.29, 0.717) is 17.5 Å². The lowest BCUT2D eigenvalue weighted by atomic mass is 10.1. The van der Waals surface area contributed by atoms with Crippen molar-refractivity contribution in [3.8, 4) is 6.07 Å². The van der Waals surface area contributed by atoms with Crippen LogP contribution in [0.5, 0.6) is 0 Å². The maximum absolute atomic E-state index is 12.3. The zero-order chi connectivity index (χ0) is 18.1. The summed E-state index contributed by atoms with van der Waals surface area (Å²) in [5.41, 5.74) is 1.84. The molecule has 0 unspecified atom stereocenters. The molecule has 25 heavy (non-hydrogen) atoms. The van der Waals surface area contributed by atoms with Crippen LogP contribution in [-0.4, -0.2) is 25.0 Å². The minimum atomic E-state index is -0.784. The van der Waals surface area contributed by atoms with Gasteiger partial charge in [0.25, 0.3) is 5.91 Å². The highest BCUT2D eigenvalue weighted by atomic mass is 16.5. The molecule has 0 aliphatic heterocycles. The number of carbonyl (C=O) groups excluding carboxylic acids is 2. The van der Waals surface area contributed by atoms with Gasteiger partial charge in [0.2, 0.25) is 0 Å². The van der Waals surface area contributed by atoms with Crippen LogP contribution in [0.25, 0.3) is 6.08 Å². The zero-order valence-corrected chi connectivity index (χ0v) is 13.8. The summed E-state index contributed by atoms with van der Waals surface area (Å²) in [5, 5.41) is 11.4. The van der Waals surface area contributed by atoms with Crippen molar-refractivity contribution in [1.82, 2.24) is 5.32 Å². The molecule has 0 saturated carbocycles. The first-order valence-electron chi connectivity index (χ1n) is 7.74. The van der Waals surface area contributed by atoms with Gasteiger partial charge in [-0.2, -0.15) is 5.26 Å². The smallest absolute Gasteiger partial charge is 0.328 e. The Hall–Kier alpha value is -3.39. The topological polar surface area (TPSA) is 79.2 Å². The first kappa shape index (κ1) is 18.0. The number of nitrogens with zero attached hydrogens (tertiary/aromatic N) is 1. The van der Waals surface area contributed by atoms with E-state index < -0.39 is 17.9 Å². The number of amides is 1. The van der Waals surface area contributed by atoms with Gasteiger partial charge in [0.1, 0.15) is 6.04 Å². The minimum absolute atomic E-state index is 0.309. The molecule has 5 heteroatoms. The average Bonchev–Trinajstić information content (AvgIpc) is 2.67. The van der Waals surface area contributed by atoms with E-state index in [1.807, 2.05) is 48.6 Å². The number of methoxy groups -OCH3 is 1. The van der Waals surface area contributed by atoms with Gasteiger partial charge in [0.05, 0.1) is 18.7 Å². The van der Waals surface area contributed by atoms with Crippen LogP contribution in [0.1, 0.15) is 27.9 Å². The molecule has 0 heterocycles. The number of nitrogens with one attached hydrogen (secondary N) is 1. The van der Waals surface area contributed by atoms with Crippen molar-refractivity contribution >= 4 is 18.0 Å². The maximum atomic E-state index is 12.3. The summed E-state index contributed by atoms with van der Waals surface area (Å²) in [4.78, 5) is 24.2. The van der Waals surface area contributed by atoms with Crippen molar-refractivity contribution in [2.24, 2.45) is 0 Å². The molecule has 0 bridgehead atoms. The van der Waals surface area contributed by atoms with Gasteiger partial charge in [-0.3, -0.25) is 4.79 Å². The lowest BCUT2D eigenvalue weighted by Crippen LogP contribution is -2.41. The molecule has 0 fully saturated rings. The van der Waals surface area contributed by atoms with Gasteiger partial charge in [-0.1, -0.05) is 42.5 Å². The SMILES string of the molecule is COC(=O)[C@@H](C/C=C/c1ccccc1)NC(=O)c1ccc(C#N)cc1. The Kier molecular flexibility index (Phi) is 6.49. The van der Waals surface area contributed by atoms with E-state index >= 15 is 0 Å². The Labute approximate surface area is 146 Å². The van der Waals surface area contributed by atoms with E-state index in [4.69, 9.17) is 10.00 Å². The van der Waals surface area contributed by atoms with Gasteiger partial charge in [0, 0.05) is 5.56 Å². The molecule has 2 aromatic carbocycles. The quantitative estimate of drug-likeness (QED) is 0.824. The normalized spacial score (nSPS) is 11.5. The van der Waals surface area contributed by atoms with Crippen molar-refractivity contribution in [3.05, 3.63) is 77.4 Å². The second-order valence-corrected chi connectivity index (χ2v) is 5.29. The Bertz CT molecular complexity index is 790. The Balaban J connectivity index is 2.04. The first-order chi connectivity index (χ1) is 12.1. The van der Waals surface area contributed by atoms with Crippen molar-refractivity contribution in [3.63, 3.8) is 0 Å². The number of ether oxygens (including phenoxy) is 1. The summed E-state index contributed by atoms with van der Waals surface area (Å²) < 4.78 is 4.76. The molecular formula is C20H18N2O3. The highest BCUT2D eigenvalue weighted by Crippen LogP contribution is 2.07. The lowest BCUT2D eigenvalue weighted by Gasteiger charge is -2.15. The molecule has 0 aromatic heterocycles. The predicted molar refractivity (Wildman–Crippen MR) is 94.5 cm³/mol. The molecule has 1 atom stereocenters. The number of carbonyl (C=O) groups is 2. The summed E-state index contributed by atoms with van der Waals surface area (Å²) >= 11 is 0. The fourth-order valence-corrected chi connectivity index (χ4v) is 2.20. The molecule has 0 radical (unpaired) electrons. The third-order valence-electron chi connectivity index (χ3n) is 3.55. The Morgan fingerprint density at radius 1 is 1.16 bits per heavy atom. The number of benzene rings is 2. The summed E-state index contributed by atoms with van der Waals surface area (Å²) in [6.45, 7) is 0. The molecule has 1 N–H and O–H groups in total. The molecule has 0 aliphatic carbocycles. The Morgan fingerprint density at radius 3 is 2.44 bits per heavy atom. The third-order valence-corrected chi connectivity index (χ3v) is 3.55. The first-order valence-corrected chi connectivity index (χ1v) is 7.74. The monoisotopic (exact) mass is 334 g/mol. The highest BCUT2D eigenvalue weighted by Gasteiger charge is 2.20. The number of rotatable bonds is 6. The summed E-state index contributed by atoms with van der Waals surface area (Å²) in [6.07, 6.45) is 4.00. The van der Waals surface area contributed by atoms with Gasteiger partial charge in [-0.25, -0.2) is 4.79 Å². The van der Waals surface area contributed by atoms with Crippen LogP contribution in [0.15, 0.2) is 60.7 Å². The van der Waals surface area contributed by atoms with Crippen LogP contribution in [0.4, 0.5) is 0 Å². The zero-order valence-electron chi connectivity index (χ0n) is 13.8. The van der Waals surface area contributed by atoms with Crippen molar-refractivity contribution in [2.45, 2.75) is 12.5 Å². The van der Waals surface area contributed by atoms with Gasteiger partial charge in [-0.15, -0.1) is 0 Å². The molecule has 1 amide bonds. The van der Waals surface area contributed by atoms with Crippen molar-refractivity contribution in [2.75, 3.05) is 7.11 Å². The van der Waals surface area contributed by atoms with E-state index in [9.17, 15) is 9.59 Å². The number of nitriles is 1. The minimum Gasteiger partial charge on any atom is -0.467 e. The van der Waals surface area contributed by atoms with Crippen LogP contribution in [0, 0.1) is 11.3 Å². The van der Waals surface area contributed by atoms with Gasteiger partial charge in [0.15, 0.2) is 0 Å². The summed E-state index contributed by atoms with van der Waals surface area (Å²) in [6, 6.07) is 17.1. The lowest BCUT2D eigenvalue weighted by molar-refractivity contribution is -0.142. The molecule has 2 aromatic rings. The van der Waals surface area contributed by atoms with E-state index in [1.54, 1.807) is 24.3 Å². The number of esters is 1. The van der Waals surface area contributed by atoms with E-state index in [-0.39, 0.29) is 0 Å². The molecule has 0 aliphatic rings. The molecule has 126 valence electrons. The fraction of sp³-hybridized carbons (Fsp3) is 0.150. The van der Waals surface area contributed by atoms with E-state index in [1.165, 1.54) is 7.11 Å². The standard InChI is InChI=1S/C20H18N2O3/c1-25-20(24)18(9-5-8-15-6-3-2-4-7-15)22-19(23)17-12-10-16(14-21)11-13-17/h2-8,10-13,18H,9H2,1H3,(H,22,23)/b8-5+/t18-/m1/s1. The molecular weight excluding hydrogens is 316 g/mol. The average molecular weight is 334 g/mol. The molecule has 0 spiro atoms. The van der Waals surface area contributed by atoms with Crippen LogP contribution in [0.2, 0.25) is 0 Å². The predicted octanol–water partition coefficient (Wildman–Crippen LogP) is 2.93.